The third-order valence-corrected chi connectivity index (χ3v) is 1.97. The minimum Gasteiger partial charge on any atom is -0.313 e. The Hall–Kier alpha value is -1.88. The Balaban J connectivity index is 2.42. The van der Waals surface area contributed by atoms with Crippen LogP contribution in [-0.4, -0.2) is 34.3 Å². The summed E-state index contributed by atoms with van der Waals surface area (Å²) in [6, 6.07) is 1.76. The summed E-state index contributed by atoms with van der Waals surface area (Å²) in [7, 11) is 1.72. The van der Waals surface area contributed by atoms with E-state index >= 15 is 0 Å². The summed E-state index contributed by atoms with van der Waals surface area (Å²) in [6.07, 6.45) is 4.73. The van der Waals surface area contributed by atoms with E-state index in [4.69, 9.17) is 0 Å². The molecule has 1 N–H and O–H groups in total. The molecule has 0 radical (unpaired) electrons. The summed E-state index contributed by atoms with van der Waals surface area (Å²) in [5, 5.41) is 2.78. The number of Topliss-reactive ketones (excluding diaryl/α,β-unsaturated/α-hetero) is 1. The Kier molecular flexibility index (Phi) is 2.64. The van der Waals surface area contributed by atoms with Crippen LogP contribution in [0.3, 0.4) is 0 Å². The molecular formula is C10H10N4O. The number of aromatic nitrogens is 3. The average Bonchev–Trinajstić information content (AvgIpc) is 2.29. The Labute approximate surface area is 86.6 Å². The Morgan fingerprint density at radius 3 is 3.07 bits per heavy atom. The predicted octanol–water partition coefficient (Wildman–Crippen LogP) is 0.427. The maximum absolute atomic E-state index is 11.5. The van der Waals surface area contributed by atoms with E-state index in [1.54, 1.807) is 25.5 Å². The highest BCUT2D eigenvalue weighted by atomic mass is 16.1. The van der Waals surface area contributed by atoms with Crippen LogP contribution in [0.25, 0.3) is 11.0 Å². The fourth-order valence-corrected chi connectivity index (χ4v) is 1.25. The summed E-state index contributed by atoms with van der Waals surface area (Å²) >= 11 is 0. The molecule has 2 aromatic rings. The summed E-state index contributed by atoms with van der Waals surface area (Å²) in [6.45, 7) is 0.264. The van der Waals surface area contributed by atoms with Gasteiger partial charge in [0.15, 0.2) is 5.78 Å². The number of hydrogen-bond donors (Lipinski definition) is 1. The average molecular weight is 202 g/mol. The Bertz CT molecular complexity index is 498. The molecule has 0 aliphatic heterocycles. The maximum Gasteiger partial charge on any atom is 0.196 e. The van der Waals surface area contributed by atoms with E-state index in [2.05, 4.69) is 20.3 Å². The van der Waals surface area contributed by atoms with Crippen molar-refractivity contribution in [1.82, 2.24) is 20.3 Å². The van der Waals surface area contributed by atoms with Gasteiger partial charge >= 0.3 is 0 Å². The number of carbonyl (C=O) groups excluding carboxylic acids is 1. The molecule has 0 bridgehead atoms. The van der Waals surface area contributed by atoms with Crippen LogP contribution >= 0.6 is 0 Å². The molecule has 5 heteroatoms. The van der Waals surface area contributed by atoms with Gasteiger partial charge in [0.05, 0.1) is 24.5 Å². The lowest BCUT2D eigenvalue weighted by Crippen LogP contribution is -2.19. The standard InChI is InChI=1S/C10H10N4O/c1-11-6-10(15)9-5-13-7-2-3-12-4-8(7)14-9/h2-5,11H,6H2,1H3. The zero-order valence-electron chi connectivity index (χ0n) is 8.27. The minimum absolute atomic E-state index is 0.0734. The van der Waals surface area contributed by atoms with Gasteiger partial charge in [0, 0.05) is 6.20 Å². The first kappa shape index (κ1) is 9.67. The molecule has 0 aromatic carbocycles. The van der Waals surface area contributed by atoms with Crippen LogP contribution in [0.2, 0.25) is 0 Å². The molecule has 0 atom stereocenters. The first-order valence-corrected chi connectivity index (χ1v) is 4.56. The van der Waals surface area contributed by atoms with Crippen molar-refractivity contribution in [2.75, 3.05) is 13.6 Å². The summed E-state index contributed by atoms with van der Waals surface area (Å²) in [5.41, 5.74) is 1.75. The van der Waals surface area contributed by atoms with E-state index in [9.17, 15) is 4.79 Å². The molecule has 0 unspecified atom stereocenters. The largest absolute Gasteiger partial charge is 0.313 e. The van der Waals surface area contributed by atoms with Crippen LogP contribution in [0.5, 0.6) is 0 Å². The smallest absolute Gasteiger partial charge is 0.196 e. The molecule has 0 saturated carbocycles. The molecule has 0 fully saturated rings. The number of ketones is 1. The highest BCUT2D eigenvalue weighted by molar-refractivity contribution is 5.96. The quantitative estimate of drug-likeness (QED) is 0.731. The molecule has 2 rings (SSSR count). The monoisotopic (exact) mass is 202 g/mol. The SMILES string of the molecule is CNCC(=O)c1cnc2ccncc2n1. The fraction of sp³-hybridized carbons (Fsp3) is 0.200. The van der Waals surface area contributed by atoms with Crippen molar-refractivity contribution >= 4 is 16.8 Å². The Morgan fingerprint density at radius 1 is 1.40 bits per heavy atom. The number of hydrogen-bond acceptors (Lipinski definition) is 5. The Morgan fingerprint density at radius 2 is 2.27 bits per heavy atom. The predicted molar refractivity (Wildman–Crippen MR) is 55.6 cm³/mol. The molecule has 0 aliphatic carbocycles. The van der Waals surface area contributed by atoms with Crippen molar-refractivity contribution < 1.29 is 4.79 Å². The van der Waals surface area contributed by atoms with Crippen molar-refractivity contribution in [3.8, 4) is 0 Å². The molecule has 15 heavy (non-hydrogen) atoms. The maximum atomic E-state index is 11.5. The number of pyridine rings is 1. The van der Waals surface area contributed by atoms with Gasteiger partial charge in [-0.15, -0.1) is 0 Å². The number of carbonyl (C=O) groups is 1. The zero-order chi connectivity index (χ0) is 10.7. The normalized spacial score (nSPS) is 10.5. The van der Waals surface area contributed by atoms with Gasteiger partial charge in [-0.05, 0) is 13.1 Å². The van der Waals surface area contributed by atoms with Crippen molar-refractivity contribution in [3.63, 3.8) is 0 Å². The zero-order valence-corrected chi connectivity index (χ0v) is 8.27. The van der Waals surface area contributed by atoms with Crippen molar-refractivity contribution in [3.05, 3.63) is 30.4 Å². The van der Waals surface area contributed by atoms with Gasteiger partial charge in [-0.3, -0.25) is 14.8 Å². The third kappa shape index (κ3) is 1.97. The second-order valence-electron chi connectivity index (χ2n) is 3.07. The van der Waals surface area contributed by atoms with E-state index in [-0.39, 0.29) is 12.3 Å². The summed E-state index contributed by atoms with van der Waals surface area (Å²) in [4.78, 5) is 23.7. The summed E-state index contributed by atoms with van der Waals surface area (Å²) < 4.78 is 0. The molecule has 0 aliphatic rings. The van der Waals surface area contributed by atoms with Gasteiger partial charge in [-0.25, -0.2) is 4.98 Å². The van der Waals surface area contributed by atoms with Crippen LogP contribution in [0.4, 0.5) is 0 Å². The molecule has 0 saturated heterocycles. The van der Waals surface area contributed by atoms with E-state index in [0.717, 1.165) is 5.52 Å². The van der Waals surface area contributed by atoms with Crippen LogP contribution in [-0.2, 0) is 0 Å². The molecule has 5 nitrogen and oxygen atoms in total. The number of fused-ring (bicyclic) bond motifs is 1. The topological polar surface area (TPSA) is 67.8 Å². The third-order valence-electron chi connectivity index (χ3n) is 1.97. The lowest BCUT2D eigenvalue weighted by atomic mass is 10.3. The molecule has 76 valence electrons. The van der Waals surface area contributed by atoms with Gasteiger partial charge < -0.3 is 5.32 Å². The number of nitrogens with zero attached hydrogens (tertiary/aromatic N) is 3. The van der Waals surface area contributed by atoms with Crippen LogP contribution in [0.15, 0.2) is 24.7 Å². The lowest BCUT2D eigenvalue weighted by Gasteiger charge is -2.00. The van der Waals surface area contributed by atoms with Crippen molar-refractivity contribution in [1.29, 1.82) is 0 Å². The first-order valence-electron chi connectivity index (χ1n) is 4.56. The van der Waals surface area contributed by atoms with Gasteiger partial charge in [0.1, 0.15) is 11.2 Å². The van der Waals surface area contributed by atoms with Crippen LogP contribution < -0.4 is 5.32 Å². The molecule has 0 amide bonds. The number of nitrogens with one attached hydrogen (secondary N) is 1. The second-order valence-corrected chi connectivity index (χ2v) is 3.07. The van der Waals surface area contributed by atoms with Crippen molar-refractivity contribution in [2.45, 2.75) is 0 Å². The van der Waals surface area contributed by atoms with Gasteiger partial charge in [0.25, 0.3) is 0 Å². The van der Waals surface area contributed by atoms with E-state index < -0.39 is 0 Å². The van der Waals surface area contributed by atoms with E-state index in [0.29, 0.717) is 11.2 Å². The molecule has 0 spiro atoms. The second kappa shape index (κ2) is 4.10. The lowest BCUT2D eigenvalue weighted by molar-refractivity contribution is 0.0989. The first-order chi connectivity index (χ1) is 7.31. The van der Waals surface area contributed by atoms with Crippen LogP contribution in [0, 0.1) is 0 Å². The van der Waals surface area contributed by atoms with E-state index in [1.165, 1.54) is 6.20 Å². The highest BCUT2D eigenvalue weighted by Crippen LogP contribution is 2.06. The number of likely N-dealkylation sites (N-methyl/N-ethyl adjacent to an activating group) is 1. The highest BCUT2D eigenvalue weighted by Gasteiger charge is 2.07. The molecule has 2 heterocycles. The van der Waals surface area contributed by atoms with Crippen LogP contribution in [0.1, 0.15) is 10.5 Å². The fourth-order valence-electron chi connectivity index (χ4n) is 1.25. The van der Waals surface area contributed by atoms with Crippen molar-refractivity contribution in [2.24, 2.45) is 0 Å². The van der Waals surface area contributed by atoms with E-state index in [1.807, 2.05) is 0 Å². The van der Waals surface area contributed by atoms with Gasteiger partial charge in [-0.1, -0.05) is 0 Å². The van der Waals surface area contributed by atoms with Gasteiger partial charge in [0.2, 0.25) is 0 Å². The number of rotatable bonds is 3. The summed E-state index contributed by atoms with van der Waals surface area (Å²) in [5.74, 6) is -0.0734. The van der Waals surface area contributed by atoms with Gasteiger partial charge in [-0.2, -0.15) is 0 Å². The minimum atomic E-state index is -0.0734. The molecule has 2 aromatic heterocycles. The molecular weight excluding hydrogens is 192 g/mol.